The summed E-state index contributed by atoms with van der Waals surface area (Å²) >= 11 is 0. The van der Waals surface area contributed by atoms with Crippen molar-refractivity contribution in [2.75, 3.05) is 6.54 Å². The van der Waals surface area contributed by atoms with Crippen LogP contribution in [-0.2, 0) is 4.79 Å². The highest BCUT2D eigenvalue weighted by Crippen LogP contribution is 1.95. The van der Waals surface area contributed by atoms with Gasteiger partial charge >= 0.3 is 6.09 Å². The van der Waals surface area contributed by atoms with Gasteiger partial charge in [-0.15, -0.1) is 0 Å². The molecule has 6 nitrogen and oxygen atoms in total. The average Bonchev–Trinajstić information content (AvgIpc) is 2.09. The number of nitrogens with one attached hydrogen (secondary N) is 2. The van der Waals surface area contributed by atoms with Crippen molar-refractivity contribution in [2.45, 2.75) is 32.9 Å². The lowest BCUT2D eigenvalue weighted by atomic mass is 10.1. The first-order chi connectivity index (χ1) is 6.84. The summed E-state index contributed by atoms with van der Waals surface area (Å²) in [6.07, 6.45) is -2.39. The van der Waals surface area contributed by atoms with Crippen LogP contribution in [0.2, 0.25) is 0 Å². The Morgan fingerprint density at radius 2 is 1.80 bits per heavy atom. The standard InChI is InChI=1S/C9H18N2O4/c1-5(2)4-10-8(13)7(6(3)12)11-9(14)15/h5-7,11-12H,4H2,1-3H3,(H,10,13)(H,14,15)/t6-,7-/m0/s1. The van der Waals surface area contributed by atoms with Crippen molar-refractivity contribution >= 4 is 12.0 Å². The number of carboxylic acid groups (broad SMARTS) is 1. The van der Waals surface area contributed by atoms with Crippen molar-refractivity contribution in [1.29, 1.82) is 0 Å². The molecule has 2 amide bonds. The molecule has 0 aliphatic carbocycles. The summed E-state index contributed by atoms with van der Waals surface area (Å²) in [5.41, 5.74) is 0. The van der Waals surface area contributed by atoms with Crippen LogP contribution in [0, 0.1) is 5.92 Å². The van der Waals surface area contributed by atoms with E-state index in [4.69, 9.17) is 5.11 Å². The zero-order chi connectivity index (χ0) is 12.0. The van der Waals surface area contributed by atoms with Crippen LogP contribution in [0.25, 0.3) is 0 Å². The minimum absolute atomic E-state index is 0.272. The molecule has 0 aromatic carbocycles. The number of carbonyl (C=O) groups is 2. The summed E-state index contributed by atoms with van der Waals surface area (Å²) < 4.78 is 0. The Hall–Kier alpha value is -1.30. The Balaban J connectivity index is 4.23. The molecule has 0 aliphatic rings. The lowest BCUT2D eigenvalue weighted by Gasteiger charge is -2.19. The van der Waals surface area contributed by atoms with Crippen molar-refractivity contribution in [3.05, 3.63) is 0 Å². The molecule has 2 atom stereocenters. The van der Waals surface area contributed by atoms with Crippen LogP contribution >= 0.6 is 0 Å². The molecular formula is C9H18N2O4. The third kappa shape index (κ3) is 5.90. The predicted octanol–water partition coefficient (Wildman–Crippen LogP) is -0.224. The molecular weight excluding hydrogens is 200 g/mol. The van der Waals surface area contributed by atoms with Gasteiger partial charge in [-0.1, -0.05) is 13.8 Å². The molecule has 6 heteroatoms. The molecule has 0 aromatic rings. The van der Waals surface area contributed by atoms with Crippen LogP contribution in [0.4, 0.5) is 4.79 Å². The molecule has 0 heterocycles. The van der Waals surface area contributed by atoms with Crippen LogP contribution in [0.3, 0.4) is 0 Å². The van der Waals surface area contributed by atoms with Crippen LogP contribution in [0.5, 0.6) is 0 Å². The summed E-state index contributed by atoms with van der Waals surface area (Å²) in [7, 11) is 0. The third-order valence-corrected chi connectivity index (χ3v) is 1.73. The highest BCUT2D eigenvalue weighted by atomic mass is 16.4. The zero-order valence-corrected chi connectivity index (χ0v) is 9.15. The highest BCUT2D eigenvalue weighted by molar-refractivity contribution is 5.85. The van der Waals surface area contributed by atoms with Gasteiger partial charge in [0.05, 0.1) is 6.10 Å². The van der Waals surface area contributed by atoms with Gasteiger partial charge in [-0.3, -0.25) is 4.79 Å². The summed E-state index contributed by atoms with van der Waals surface area (Å²) in [4.78, 5) is 21.8. The number of hydrogen-bond acceptors (Lipinski definition) is 3. The molecule has 0 bridgehead atoms. The van der Waals surface area contributed by atoms with Gasteiger partial charge in [0.1, 0.15) is 6.04 Å². The minimum atomic E-state index is -1.33. The lowest BCUT2D eigenvalue weighted by molar-refractivity contribution is -0.125. The molecule has 0 rings (SSSR count). The van der Waals surface area contributed by atoms with E-state index in [1.54, 1.807) is 0 Å². The molecule has 4 N–H and O–H groups in total. The summed E-state index contributed by atoms with van der Waals surface area (Å²) in [6, 6.07) is -1.12. The highest BCUT2D eigenvalue weighted by Gasteiger charge is 2.25. The molecule has 15 heavy (non-hydrogen) atoms. The Morgan fingerprint density at radius 3 is 2.13 bits per heavy atom. The van der Waals surface area contributed by atoms with Crippen molar-refractivity contribution in [2.24, 2.45) is 5.92 Å². The SMILES string of the molecule is CC(C)CNC(=O)[C@@H](NC(=O)O)[C@H](C)O. The predicted molar refractivity (Wildman–Crippen MR) is 54.5 cm³/mol. The molecule has 0 saturated heterocycles. The molecule has 0 aliphatic heterocycles. The quantitative estimate of drug-likeness (QED) is 0.512. The summed E-state index contributed by atoms with van der Waals surface area (Å²) in [5, 5.41) is 22.2. The van der Waals surface area contributed by atoms with E-state index in [-0.39, 0.29) is 5.92 Å². The van der Waals surface area contributed by atoms with E-state index in [0.29, 0.717) is 6.54 Å². The van der Waals surface area contributed by atoms with Crippen LogP contribution < -0.4 is 10.6 Å². The number of hydrogen-bond donors (Lipinski definition) is 4. The Labute approximate surface area is 88.7 Å². The molecule has 0 fully saturated rings. The second kappa shape index (κ2) is 6.23. The molecule has 88 valence electrons. The van der Waals surface area contributed by atoms with Gasteiger partial charge in [0, 0.05) is 6.54 Å². The van der Waals surface area contributed by atoms with Gasteiger partial charge in [0.15, 0.2) is 0 Å². The van der Waals surface area contributed by atoms with Gasteiger partial charge in [0.2, 0.25) is 5.91 Å². The lowest BCUT2D eigenvalue weighted by Crippen LogP contribution is -2.52. The Morgan fingerprint density at radius 1 is 1.27 bits per heavy atom. The van der Waals surface area contributed by atoms with Crippen molar-refractivity contribution in [1.82, 2.24) is 10.6 Å². The van der Waals surface area contributed by atoms with Gasteiger partial charge in [-0.05, 0) is 12.8 Å². The van der Waals surface area contributed by atoms with E-state index in [1.807, 2.05) is 19.2 Å². The van der Waals surface area contributed by atoms with E-state index < -0.39 is 24.1 Å². The fraction of sp³-hybridized carbons (Fsp3) is 0.778. The minimum Gasteiger partial charge on any atom is -0.465 e. The van der Waals surface area contributed by atoms with Crippen LogP contribution in [0.15, 0.2) is 0 Å². The second-order valence-corrected chi connectivity index (χ2v) is 3.81. The normalized spacial score (nSPS) is 14.5. The van der Waals surface area contributed by atoms with E-state index >= 15 is 0 Å². The van der Waals surface area contributed by atoms with Crippen LogP contribution in [-0.4, -0.2) is 40.9 Å². The monoisotopic (exact) mass is 218 g/mol. The van der Waals surface area contributed by atoms with Gasteiger partial charge < -0.3 is 20.8 Å². The van der Waals surface area contributed by atoms with E-state index in [9.17, 15) is 14.7 Å². The number of aliphatic hydroxyl groups is 1. The first kappa shape index (κ1) is 13.7. The number of aliphatic hydroxyl groups excluding tert-OH is 1. The van der Waals surface area contributed by atoms with Crippen molar-refractivity contribution in [3.63, 3.8) is 0 Å². The number of amides is 2. The molecule has 0 aromatic heterocycles. The molecule has 0 saturated carbocycles. The summed E-state index contributed by atoms with van der Waals surface area (Å²) in [5.74, 6) is -0.241. The Kier molecular flexibility index (Phi) is 5.69. The largest absolute Gasteiger partial charge is 0.465 e. The van der Waals surface area contributed by atoms with Gasteiger partial charge in [0.25, 0.3) is 0 Å². The fourth-order valence-corrected chi connectivity index (χ4v) is 0.953. The Bertz CT molecular complexity index is 228. The number of rotatable bonds is 5. The fourth-order valence-electron chi connectivity index (χ4n) is 0.953. The second-order valence-electron chi connectivity index (χ2n) is 3.81. The first-order valence-corrected chi connectivity index (χ1v) is 4.79. The van der Waals surface area contributed by atoms with E-state index in [1.165, 1.54) is 6.92 Å². The summed E-state index contributed by atoms with van der Waals surface area (Å²) in [6.45, 7) is 5.64. The van der Waals surface area contributed by atoms with Crippen molar-refractivity contribution < 1.29 is 19.8 Å². The molecule has 0 radical (unpaired) electrons. The zero-order valence-electron chi connectivity index (χ0n) is 9.15. The molecule has 0 spiro atoms. The van der Waals surface area contributed by atoms with Gasteiger partial charge in [-0.2, -0.15) is 0 Å². The van der Waals surface area contributed by atoms with E-state index in [2.05, 4.69) is 5.32 Å². The smallest absolute Gasteiger partial charge is 0.405 e. The maximum Gasteiger partial charge on any atom is 0.405 e. The average molecular weight is 218 g/mol. The third-order valence-electron chi connectivity index (χ3n) is 1.73. The van der Waals surface area contributed by atoms with Gasteiger partial charge in [-0.25, -0.2) is 4.79 Å². The number of carbonyl (C=O) groups excluding carboxylic acids is 1. The maximum absolute atomic E-state index is 11.4. The van der Waals surface area contributed by atoms with E-state index in [0.717, 1.165) is 0 Å². The first-order valence-electron chi connectivity index (χ1n) is 4.79. The van der Waals surface area contributed by atoms with Crippen molar-refractivity contribution in [3.8, 4) is 0 Å². The van der Waals surface area contributed by atoms with Crippen LogP contribution in [0.1, 0.15) is 20.8 Å². The maximum atomic E-state index is 11.4. The molecule has 0 unspecified atom stereocenters. The topological polar surface area (TPSA) is 98.7 Å².